The summed E-state index contributed by atoms with van der Waals surface area (Å²) < 4.78 is 23.5. The molecule has 0 saturated carbocycles. The number of benzene rings is 2. The summed E-state index contributed by atoms with van der Waals surface area (Å²) in [5.41, 5.74) is 0. The topological polar surface area (TPSA) is 40.2 Å². The molecule has 0 aromatic heterocycles. The maximum absolute atomic E-state index is 6.28. The summed E-state index contributed by atoms with van der Waals surface area (Å²) in [5, 5.41) is 0. The largest absolute Gasteiger partial charge is 0.512 e. The normalized spacial score (nSPS) is 19.8. The smallest absolute Gasteiger partial charge is 0.457 e. The summed E-state index contributed by atoms with van der Waals surface area (Å²) in [6.07, 6.45) is 1.09. The van der Waals surface area contributed by atoms with Crippen LogP contribution in [0.2, 0.25) is 12.6 Å². The highest BCUT2D eigenvalue weighted by Crippen LogP contribution is 2.26. The molecule has 0 aliphatic carbocycles. The van der Waals surface area contributed by atoms with Crippen molar-refractivity contribution in [3.8, 4) is 11.5 Å². The van der Waals surface area contributed by atoms with Crippen molar-refractivity contribution in [2.24, 2.45) is 0 Å². The second-order valence-corrected chi connectivity index (χ2v) is 9.32. The van der Waals surface area contributed by atoms with Crippen molar-refractivity contribution in [1.82, 2.24) is 0 Å². The minimum absolute atomic E-state index is 0.0250. The molecule has 24 heavy (non-hydrogen) atoms. The lowest BCUT2D eigenvalue weighted by atomic mass is 10.3. The molecule has 0 spiro atoms. The van der Waals surface area contributed by atoms with Gasteiger partial charge in [0.15, 0.2) is 6.29 Å². The third-order valence-electron chi connectivity index (χ3n) is 3.87. The van der Waals surface area contributed by atoms with Gasteiger partial charge in [-0.15, -0.1) is 0 Å². The van der Waals surface area contributed by atoms with Crippen molar-refractivity contribution in [3.05, 3.63) is 60.7 Å². The zero-order chi connectivity index (χ0) is 16.8. The molecule has 0 radical (unpaired) electrons. The van der Waals surface area contributed by atoms with Gasteiger partial charge in [0.1, 0.15) is 17.6 Å². The van der Waals surface area contributed by atoms with Gasteiger partial charge in [0.25, 0.3) is 0 Å². The van der Waals surface area contributed by atoms with E-state index in [0.717, 1.165) is 24.0 Å². The highest BCUT2D eigenvalue weighted by Gasteiger charge is 2.38. The van der Waals surface area contributed by atoms with Gasteiger partial charge in [-0.25, -0.2) is 0 Å². The minimum Gasteiger partial charge on any atom is -0.512 e. The van der Waals surface area contributed by atoms with Gasteiger partial charge < -0.3 is 18.3 Å². The lowest BCUT2D eigenvalue weighted by molar-refractivity contribution is 0.0500. The highest BCUT2D eigenvalue weighted by atomic mass is 28.4. The molecule has 2 atom stereocenters. The second kappa shape index (κ2) is 7.83. The molecular formula is C19H24O4Si. The SMILES string of the molecule is CC1OC1OCCC[Si](C)(Oc1ccccc1)Oc1ccccc1. The van der Waals surface area contributed by atoms with Crippen LogP contribution in [0.1, 0.15) is 13.3 Å². The molecule has 0 N–H and O–H groups in total. The number of hydrogen-bond donors (Lipinski definition) is 0. The summed E-state index contributed by atoms with van der Waals surface area (Å²) in [6.45, 7) is 4.78. The van der Waals surface area contributed by atoms with Crippen molar-refractivity contribution in [1.29, 1.82) is 0 Å². The van der Waals surface area contributed by atoms with Gasteiger partial charge >= 0.3 is 8.56 Å². The Balaban J connectivity index is 1.60. The van der Waals surface area contributed by atoms with Gasteiger partial charge in [-0.1, -0.05) is 36.4 Å². The molecule has 5 heteroatoms. The molecule has 0 bridgehead atoms. The molecule has 2 aromatic carbocycles. The van der Waals surface area contributed by atoms with Gasteiger partial charge in [-0.2, -0.15) is 0 Å². The first-order valence-corrected chi connectivity index (χ1v) is 10.9. The molecule has 128 valence electrons. The van der Waals surface area contributed by atoms with E-state index in [9.17, 15) is 0 Å². The molecule has 2 unspecified atom stereocenters. The van der Waals surface area contributed by atoms with Crippen LogP contribution in [-0.4, -0.2) is 27.6 Å². The molecule has 3 rings (SSSR count). The maximum atomic E-state index is 6.28. The van der Waals surface area contributed by atoms with Gasteiger partial charge in [-0.3, -0.25) is 0 Å². The van der Waals surface area contributed by atoms with Crippen molar-refractivity contribution in [2.45, 2.75) is 38.3 Å². The van der Waals surface area contributed by atoms with Gasteiger partial charge in [0.2, 0.25) is 0 Å². The number of epoxide rings is 1. The maximum Gasteiger partial charge on any atom is 0.457 e. The van der Waals surface area contributed by atoms with Crippen molar-refractivity contribution in [3.63, 3.8) is 0 Å². The Labute approximate surface area is 144 Å². The van der Waals surface area contributed by atoms with E-state index in [0.29, 0.717) is 6.61 Å². The monoisotopic (exact) mass is 344 g/mol. The van der Waals surface area contributed by atoms with Crippen LogP contribution in [0, 0.1) is 0 Å². The summed E-state index contributed by atoms with van der Waals surface area (Å²) in [4.78, 5) is 0. The van der Waals surface area contributed by atoms with Gasteiger partial charge in [0.05, 0.1) is 0 Å². The van der Waals surface area contributed by atoms with Crippen LogP contribution in [0.4, 0.5) is 0 Å². The Bertz CT molecular complexity index is 578. The van der Waals surface area contributed by atoms with Crippen molar-refractivity contribution < 1.29 is 18.3 Å². The van der Waals surface area contributed by atoms with E-state index in [1.165, 1.54) is 0 Å². The van der Waals surface area contributed by atoms with Crippen LogP contribution in [0.25, 0.3) is 0 Å². The van der Waals surface area contributed by atoms with E-state index in [2.05, 4.69) is 6.55 Å². The fourth-order valence-electron chi connectivity index (χ4n) is 2.53. The lowest BCUT2D eigenvalue weighted by Gasteiger charge is -2.28. The molecule has 1 aliphatic heterocycles. The summed E-state index contributed by atoms with van der Waals surface area (Å²) in [7, 11) is -2.42. The zero-order valence-electron chi connectivity index (χ0n) is 14.2. The molecule has 1 fully saturated rings. The molecule has 2 aromatic rings. The van der Waals surface area contributed by atoms with E-state index in [-0.39, 0.29) is 12.4 Å². The minimum atomic E-state index is -2.42. The average molecular weight is 344 g/mol. The summed E-state index contributed by atoms with van der Waals surface area (Å²) in [5.74, 6) is 1.70. The lowest BCUT2D eigenvalue weighted by Crippen LogP contribution is -2.45. The first-order chi connectivity index (χ1) is 11.6. The van der Waals surface area contributed by atoms with E-state index < -0.39 is 8.56 Å². The molecule has 1 saturated heterocycles. The molecule has 4 nitrogen and oxygen atoms in total. The van der Waals surface area contributed by atoms with E-state index >= 15 is 0 Å². The molecule has 1 heterocycles. The number of para-hydroxylation sites is 2. The number of ether oxygens (including phenoxy) is 2. The standard InChI is InChI=1S/C19H24O4Si/c1-16-19(21-16)20-14-9-15-24(2,22-17-10-5-3-6-11-17)23-18-12-7-4-8-13-18/h3-8,10-13,16,19H,9,14-15H2,1-2H3. The Morgan fingerprint density at radius 3 is 1.88 bits per heavy atom. The third kappa shape index (κ3) is 5.09. The van der Waals surface area contributed by atoms with E-state index in [1.54, 1.807) is 0 Å². The predicted octanol–water partition coefficient (Wildman–Crippen LogP) is 4.37. The molecular weight excluding hydrogens is 320 g/mol. The van der Waals surface area contributed by atoms with Crippen molar-refractivity contribution >= 4 is 8.56 Å². The Morgan fingerprint density at radius 1 is 0.917 bits per heavy atom. The summed E-state index contributed by atoms with van der Waals surface area (Å²) >= 11 is 0. The Hall–Kier alpha value is -1.82. The van der Waals surface area contributed by atoms with Crippen LogP contribution in [0.5, 0.6) is 11.5 Å². The van der Waals surface area contributed by atoms with Gasteiger partial charge in [-0.05, 0) is 37.6 Å². The summed E-state index contributed by atoms with van der Waals surface area (Å²) in [6, 6.07) is 20.6. The van der Waals surface area contributed by atoms with Crippen molar-refractivity contribution in [2.75, 3.05) is 6.61 Å². The fraction of sp³-hybridized carbons (Fsp3) is 0.368. The fourth-order valence-corrected chi connectivity index (χ4v) is 4.83. The van der Waals surface area contributed by atoms with E-state index in [4.69, 9.17) is 18.3 Å². The number of rotatable bonds is 9. The molecule has 0 amide bonds. The van der Waals surface area contributed by atoms with Crippen LogP contribution in [0.15, 0.2) is 60.7 Å². The Kier molecular flexibility index (Phi) is 5.55. The van der Waals surface area contributed by atoms with Gasteiger partial charge in [0, 0.05) is 19.2 Å². The first kappa shape index (κ1) is 17.0. The quantitative estimate of drug-likeness (QED) is 0.385. The first-order valence-electron chi connectivity index (χ1n) is 8.40. The third-order valence-corrected chi connectivity index (χ3v) is 6.46. The zero-order valence-corrected chi connectivity index (χ0v) is 15.2. The van der Waals surface area contributed by atoms with Crippen LogP contribution in [-0.2, 0) is 9.47 Å². The van der Waals surface area contributed by atoms with Crippen LogP contribution < -0.4 is 8.85 Å². The highest BCUT2D eigenvalue weighted by molar-refractivity contribution is 6.67. The second-order valence-electron chi connectivity index (χ2n) is 6.15. The van der Waals surface area contributed by atoms with Crippen LogP contribution in [0.3, 0.4) is 0 Å². The van der Waals surface area contributed by atoms with E-state index in [1.807, 2.05) is 67.6 Å². The molecule has 1 aliphatic rings. The number of hydrogen-bond acceptors (Lipinski definition) is 4. The Morgan fingerprint density at radius 2 is 1.42 bits per heavy atom. The average Bonchev–Trinajstić information content (AvgIpc) is 3.29. The predicted molar refractivity (Wildman–Crippen MR) is 95.5 cm³/mol. The van der Waals surface area contributed by atoms with Crippen LogP contribution >= 0.6 is 0 Å².